The fourth-order valence-electron chi connectivity index (χ4n) is 9.30. The lowest BCUT2D eigenvalue weighted by atomic mass is 9.91. The predicted molar refractivity (Wildman–Crippen MR) is 214 cm³/mol. The van der Waals surface area contributed by atoms with Crippen LogP contribution in [0.4, 0.5) is 0 Å². The summed E-state index contributed by atoms with van der Waals surface area (Å²) in [6.45, 7) is 0. The molecule has 0 N–H and O–H groups in total. The zero-order valence-electron chi connectivity index (χ0n) is 27.2. The average Bonchev–Trinajstić information content (AvgIpc) is 3.94. The van der Waals surface area contributed by atoms with Gasteiger partial charge in [-0.2, -0.15) is 0 Å². The van der Waals surface area contributed by atoms with E-state index in [1.807, 2.05) is 12.1 Å². The van der Waals surface area contributed by atoms with Crippen molar-refractivity contribution in [3.8, 4) is 11.1 Å². The van der Waals surface area contributed by atoms with E-state index in [0.29, 0.717) is 0 Å². The van der Waals surface area contributed by atoms with E-state index < -0.39 is 0 Å². The average molecular weight is 648 g/mol. The molecule has 9 aromatic carbocycles. The number of benzene rings is 9. The van der Waals surface area contributed by atoms with Crippen LogP contribution in [0.3, 0.4) is 0 Å². The maximum atomic E-state index is 6.73. The molecule has 4 heterocycles. The van der Waals surface area contributed by atoms with Crippen molar-refractivity contribution < 1.29 is 8.83 Å². The molecule has 13 rings (SSSR count). The summed E-state index contributed by atoms with van der Waals surface area (Å²) >= 11 is 0. The Labute approximate surface area is 289 Å². The quantitative estimate of drug-likeness (QED) is 0.166. The number of nitrogens with zero attached hydrogens (tertiary/aromatic N) is 1. The summed E-state index contributed by atoms with van der Waals surface area (Å²) in [4.78, 5) is 0. The Balaban J connectivity index is 1.21. The number of furan rings is 2. The first-order chi connectivity index (χ1) is 25.3. The van der Waals surface area contributed by atoms with Crippen molar-refractivity contribution in [1.29, 1.82) is 0 Å². The second-order valence-corrected chi connectivity index (χ2v) is 14.0. The van der Waals surface area contributed by atoms with E-state index in [-0.39, 0.29) is 0 Å². The van der Waals surface area contributed by atoms with Crippen LogP contribution < -0.4 is 0 Å². The minimum atomic E-state index is 0.898. The summed E-state index contributed by atoms with van der Waals surface area (Å²) in [5.74, 6) is 0. The van der Waals surface area contributed by atoms with Gasteiger partial charge in [0.1, 0.15) is 11.2 Å². The molecule has 3 nitrogen and oxygen atoms in total. The molecule has 0 aliphatic heterocycles. The van der Waals surface area contributed by atoms with Gasteiger partial charge in [0.25, 0.3) is 0 Å². The second kappa shape index (κ2) is 9.03. The summed E-state index contributed by atoms with van der Waals surface area (Å²) in [5, 5.41) is 17.0. The minimum Gasteiger partial charge on any atom is -0.454 e. The summed E-state index contributed by atoms with van der Waals surface area (Å²) in [6, 6.07) is 55.1. The molecule has 0 radical (unpaired) electrons. The van der Waals surface area contributed by atoms with Crippen molar-refractivity contribution in [3.05, 3.63) is 152 Å². The van der Waals surface area contributed by atoms with Gasteiger partial charge in [-0.1, -0.05) is 109 Å². The number of aromatic nitrogens is 1. The number of rotatable bonds is 1. The number of fused-ring (bicyclic) bond motifs is 20. The standard InChI is InChI=1S/C48H25NO2/c1-2-11-30-28(9-1)29-10-3-4-12-31(29)39-23-26(17-18-32(30)39)27-24-40-35-19-21-37-33-13-5-7-15-42(33)50-47(37)45(35)49-44(40)41(25-27)36-20-22-38-34-14-6-8-16-43(34)51-48(38)46(36)49/h1-25H. The van der Waals surface area contributed by atoms with Gasteiger partial charge in [0.15, 0.2) is 11.2 Å². The highest BCUT2D eigenvalue weighted by Gasteiger charge is 2.25. The normalized spacial score (nSPS) is 12.7. The van der Waals surface area contributed by atoms with E-state index in [4.69, 9.17) is 8.83 Å². The minimum absolute atomic E-state index is 0.898. The fraction of sp³-hybridized carbons (Fsp3) is 0. The van der Waals surface area contributed by atoms with E-state index in [2.05, 4.69) is 144 Å². The van der Waals surface area contributed by atoms with Gasteiger partial charge in [-0.05, 0) is 85.9 Å². The van der Waals surface area contributed by atoms with Gasteiger partial charge in [-0.3, -0.25) is 0 Å². The Morgan fingerprint density at radius 3 is 1.20 bits per heavy atom. The number of hydrogen-bond acceptors (Lipinski definition) is 2. The van der Waals surface area contributed by atoms with Crippen LogP contribution in [0.25, 0.3) is 125 Å². The second-order valence-electron chi connectivity index (χ2n) is 14.0. The van der Waals surface area contributed by atoms with Crippen LogP contribution in [-0.4, -0.2) is 4.40 Å². The fourth-order valence-corrected chi connectivity index (χ4v) is 9.30. The van der Waals surface area contributed by atoms with E-state index in [0.717, 1.165) is 54.9 Å². The molecule has 0 spiro atoms. The lowest BCUT2D eigenvalue weighted by molar-refractivity contribution is 0.670. The summed E-state index contributed by atoms with van der Waals surface area (Å²) in [6.07, 6.45) is 0. The van der Waals surface area contributed by atoms with E-state index in [1.54, 1.807) is 0 Å². The molecular weight excluding hydrogens is 623 g/mol. The first kappa shape index (κ1) is 26.1. The zero-order valence-corrected chi connectivity index (χ0v) is 27.2. The Kier molecular flexibility index (Phi) is 4.62. The van der Waals surface area contributed by atoms with Gasteiger partial charge in [0.05, 0.1) is 16.6 Å². The van der Waals surface area contributed by atoms with Crippen LogP contribution >= 0.6 is 0 Å². The van der Waals surface area contributed by atoms with Gasteiger partial charge in [-0.15, -0.1) is 0 Å². The summed E-state index contributed by atoms with van der Waals surface area (Å²) in [7, 11) is 0. The van der Waals surface area contributed by atoms with Crippen LogP contribution in [0.5, 0.6) is 0 Å². The molecule has 0 aliphatic carbocycles. The Morgan fingerprint density at radius 1 is 0.275 bits per heavy atom. The van der Waals surface area contributed by atoms with E-state index >= 15 is 0 Å². The van der Waals surface area contributed by atoms with Crippen LogP contribution in [0.15, 0.2) is 160 Å². The van der Waals surface area contributed by atoms with Crippen molar-refractivity contribution in [2.75, 3.05) is 0 Å². The molecule has 0 saturated heterocycles. The Hall–Kier alpha value is -6.84. The van der Waals surface area contributed by atoms with Gasteiger partial charge in [-0.25, -0.2) is 0 Å². The van der Waals surface area contributed by atoms with Gasteiger partial charge >= 0.3 is 0 Å². The molecule has 13 aromatic rings. The van der Waals surface area contributed by atoms with Crippen LogP contribution in [0, 0.1) is 0 Å². The van der Waals surface area contributed by atoms with Crippen molar-refractivity contribution in [1.82, 2.24) is 4.40 Å². The van der Waals surface area contributed by atoms with Gasteiger partial charge < -0.3 is 13.2 Å². The molecule has 0 fully saturated rings. The molecule has 0 amide bonds. The lowest BCUT2D eigenvalue weighted by Gasteiger charge is -2.12. The third-order valence-electron chi connectivity index (χ3n) is 11.5. The van der Waals surface area contributed by atoms with E-state index in [1.165, 1.54) is 70.5 Å². The Bertz CT molecular complexity index is 3460. The lowest BCUT2D eigenvalue weighted by Crippen LogP contribution is -1.85. The monoisotopic (exact) mass is 647 g/mol. The third-order valence-corrected chi connectivity index (χ3v) is 11.5. The predicted octanol–water partition coefficient (Wildman–Crippen LogP) is 13.8. The summed E-state index contributed by atoms with van der Waals surface area (Å²) in [5.41, 5.74) is 9.36. The summed E-state index contributed by atoms with van der Waals surface area (Å²) < 4.78 is 15.9. The maximum absolute atomic E-state index is 6.73. The van der Waals surface area contributed by atoms with Crippen molar-refractivity contribution in [3.63, 3.8) is 0 Å². The molecule has 3 heteroatoms. The zero-order chi connectivity index (χ0) is 32.9. The molecule has 234 valence electrons. The first-order valence-electron chi connectivity index (χ1n) is 17.5. The van der Waals surface area contributed by atoms with Crippen molar-refractivity contribution >= 4 is 114 Å². The van der Waals surface area contributed by atoms with Crippen LogP contribution in [-0.2, 0) is 0 Å². The number of para-hydroxylation sites is 2. The molecule has 51 heavy (non-hydrogen) atoms. The molecule has 0 unspecified atom stereocenters. The molecular formula is C48H25NO2. The SMILES string of the molecule is c1ccc2c(c1)oc1c2ccc2c3cc(-c4ccc5c6ccccc6c6ccccc6c5c4)cc4c5ccc6c7ccccc7oc6c5n(c34)c21. The molecule has 0 saturated carbocycles. The van der Waals surface area contributed by atoms with Crippen LogP contribution in [0.1, 0.15) is 0 Å². The molecule has 0 aliphatic rings. The highest BCUT2D eigenvalue weighted by Crippen LogP contribution is 2.48. The maximum Gasteiger partial charge on any atom is 0.160 e. The topological polar surface area (TPSA) is 30.7 Å². The third kappa shape index (κ3) is 3.16. The molecule has 4 aromatic heterocycles. The Morgan fingerprint density at radius 2 is 0.667 bits per heavy atom. The van der Waals surface area contributed by atoms with Crippen molar-refractivity contribution in [2.45, 2.75) is 0 Å². The molecule has 0 bridgehead atoms. The van der Waals surface area contributed by atoms with Crippen LogP contribution in [0.2, 0.25) is 0 Å². The van der Waals surface area contributed by atoms with Gasteiger partial charge in [0.2, 0.25) is 0 Å². The largest absolute Gasteiger partial charge is 0.454 e. The van der Waals surface area contributed by atoms with E-state index in [9.17, 15) is 0 Å². The molecule has 0 atom stereocenters. The highest BCUT2D eigenvalue weighted by atomic mass is 16.3. The first-order valence-corrected chi connectivity index (χ1v) is 17.5. The highest BCUT2D eigenvalue weighted by molar-refractivity contribution is 6.32. The van der Waals surface area contributed by atoms with Crippen molar-refractivity contribution in [2.24, 2.45) is 0 Å². The van der Waals surface area contributed by atoms with Gasteiger partial charge in [0, 0.05) is 43.1 Å². The smallest absolute Gasteiger partial charge is 0.160 e. The number of hydrogen-bond donors (Lipinski definition) is 0.